The minimum atomic E-state index is -0.487. The first-order valence-corrected chi connectivity index (χ1v) is 4.90. The van der Waals surface area contributed by atoms with Crippen LogP contribution < -0.4 is 5.73 Å². The van der Waals surface area contributed by atoms with Crippen molar-refractivity contribution in [1.82, 2.24) is 0 Å². The molecule has 0 unspecified atom stereocenters. The molecule has 0 aromatic rings. The number of hydrogen-bond acceptors (Lipinski definition) is 2. The van der Waals surface area contributed by atoms with E-state index in [1.54, 1.807) is 0 Å². The fraction of sp³-hybridized carbons (Fsp3) is 0.333. The normalized spacial score (nSPS) is 13.9. The quantitative estimate of drug-likeness (QED) is 0.419. The number of primary amides is 1. The highest BCUT2D eigenvalue weighted by Gasteiger charge is 2.06. The molecular formula is C12H18N2O. The SMILES string of the molecule is C=C/C(C(N)=O)=C(CC)/N=C(C)/C=C\C. The Morgan fingerprint density at radius 1 is 1.53 bits per heavy atom. The van der Waals surface area contributed by atoms with Gasteiger partial charge in [0.25, 0.3) is 5.91 Å². The summed E-state index contributed by atoms with van der Waals surface area (Å²) in [5.74, 6) is -0.487. The van der Waals surface area contributed by atoms with Gasteiger partial charge < -0.3 is 5.73 Å². The molecule has 0 atom stereocenters. The number of allylic oxidation sites excluding steroid dienone is 3. The monoisotopic (exact) mass is 206 g/mol. The van der Waals surface area contributed by atoms with Crippen LogP contribution in [-0.2, 0) is 4.79 Å². The number of aliphatic imine (C=N–C) groups is 1. The summed E-state index contributed by atoms with van der Waals surface area (Å²) < 4.78 is 0. The second kappa shape index (κ2) is 6.76. The van der Waals surface area contributed by atoms with E-state index in [0.717, 1.165) is 5.71 Å². The Labute approximate surface area is 91.1 Å². The van der Waals surface area contributed by atoms with Crippen molar-refractivity contribution in [2.75, 3.05) is 0 Å². The molecule has 0 bridgehead atoms. The van der Waals surface area contributed by atoms with Crippen LogP contribution >= 0.6 is 0 Å². The maximum Gasteiger partial charge on any atom is 0.250 e. The van der Waals surface area contributed by atoms with Gasteiger partial charge in [-0.2, -0.15) is 0 Å². The number of hydrogen-bond donors (Lipinski definition) is 1. The molecular weight excluding hydrogens is 188 g/mol. The van der Waals surface area contributed by atoms with Crippen LogP contribution in [0.2, 0.25) is 0 Å². The predicted molar refractivity (Wildman–Crippen MR) is 64.6 cm³/mol. The van der Waals surface area contributed by atoms with Crippen molar-refractivity contribution >= 4 is 11.6 Å². The molecule has 1 amide bonds. The van der Waals surface area contributed by atoms with Gasteiger partial charge >= 0.3 is 0 Å². The zero-order valence-electron chi connectivity index (χ0n) is 9.58. The van der Waals surface area contributed by atoms with Gasteiger partial charge in [-0.05, 0) is 26.3 Å². The molecule has 0 radical (unpaired) electrons. The first-order chi connectivity index (χ1) is 7.06. The highest BCUT2D eigenvalue weighted by molar-refractivity contribution is 5.97. The van der Waals surface area contributed by atoms with Crippen LogP contribution in [0, 0.1) is 0 Å². The van der Waals surface area contributed by atoms with E-state index in [1.807, 2.05) is 32.9 Å². The Kier molecular flexibility index (Phi) is 6.02. The number of carbonyl (C=O) groups excluding carboxylic acids is 1. The fourth-order valence-electron chi connectivity index (χ4n) is 1.18. The fourth-order valence-corrected chi connectivity index (χ4v) is 1.18. The molecule has 0 aromatic carbocycles. The van der Waals surface area contributed by atoms with Gasteiger partial charge in [0, 0.05) is 5.71 Å². The Bertz CT molecular complexity index is 336. The summed E-state index contributed by atoms with van der Waals surface area (Å²) in [4.78, 5) is 15.4. The molecule has 82 valence electrons. The van der Waals surface area contributed by atoms with Crippen LogP contribution in [0.5, 0.6) is 0 Å². The molecule has 0 aliphatic carbocycles. The van der Waals surface area contributed by atoms with Gasteiger partial charge in [-0.3, -0.25) is 9.79 Å². The van der Waals surface area contributed by atoms with Gasteiger partial charge in [0.1, 0.15) is 0 Å². The standard InChI is InChI=1S/C12H18N2O/c1-5-8-9(4)14-11(7-3)10(6-2)12(13)15/h5-6,8H,2,7H2,1,3-4H3,(H2,13,15)/b8-5-,11-10-,14-9+. The van der Waals surface area contributed by atoms with Gasteiger partial charge in [-0.25, -0.2) is 0 Å². The molecule has 0 spiro atoms. The first kappa shape index (κ1) is 13.4. The Morgan fingerprint density at radius 2 is 2.13 bits per heavy atom. The van der Waals surface area contributed by atoms with Crippen LogP contribution in [0.25, 0.3) is 0 Å². The van der Waals surface area contributed by atoms with Crippen molar-refractivity contribution < 1.29 is 4.79 Å². The van der Waals surface area contributed by atoms with Crippen LogP contribution in [0.1, 0.15) is 27.2 Å². The highest BCUT2D eigenvalue weighted by Crippen LogP contribution is 2.11. The molecule has 0 rings (SSSR count). The Morgan fingerprint density at radius 3 is 2.47 bits per heavy atom. The van der Waals surface area contributed by atoms with Crippen LogP contribution in [0.3, 0.4) is 0 Å². The molecule has 3 heteroatoms. The molecule has 0 saturated heterocycles. The average Bonchev–Trinajstić information content (AvgIpc) is 2.17. The van der Waals surface area contributed by atoms with Crippen LogP contribution in [-0.4, -0.2) is 11.6 Å². The average molecular weight is 206 g/mol. The molecule has 2 N–H and O–H groups in total. The van der Waals surface area contributed by atoms with E-state index in [2.05, 4.69) is 11.6 Å². The molecule has 0 heterocycles. The lowest BCUT2D eigenvalue weighted by molar-refractivity contribution is -0.114. The molecule has 3 nitrogen and oxygen atoms in total. The smallest absolute Gasteiger partial charge is 0.250 e. The van der Waals surface area contributed by atoms with Crippen LogP contribution in [0.15, 0.2) is 41.1 Å². The van der Waals surface area contributed by atoms with E-state index in [-0.39, 0.29) is 0 Å². The lowest BCUT2D eigenvalue weighted by Gasteiger charge is -2.03. The van der Waals surface area contributed by atoms with Crippen molar-refractivity contribution in [3.63, 3.8) is 0 Å². The van der Waals surface area contributed by atoms with Gasteiger partial charge in [0.2, 0.25) is 0 Å². The number of nitrogens with zero attached hydrogens (tertiary/aromatic N) is 1. The maximum absolute atomic E-state index is 11.1. The Balaban J connectivity index is 5.29. The number of nitrogens with two attached hydrogens (primary N) is 1. The first-order valence-electron chi connectivity index (χ1n) is 4.90. The van der Waals surface area contributed by atoms with E-state index in [9.17, 15) is 4.79 Å². The lowest BCUT2D eigenvalue weighted by atomic mass is 10.1. The zero-order valence-corrected chi connectivity index (χ0v) is 9.58. The van der Waals surface area contributed by atoms with Gasteiger partial charge in [-0.1, -0.05) is 25.7 Å². The maximum atomic E-state index is 11.1. The molecule has 0 aliphatic heterocycles. The highest BCUT2D eigenvalue weighted by atomic mass is 16.1. The molecule has 0 fully saturated rings. The summed E-state index contributed by atoms with van der Waals surface area (Å²) in [5, 5.41) is 0. The van der Waals surface area contributed by atoms with E-state index in [4.69, 9.17) is 5.73 Å². The predicted octanol–water partition coefficient (Wildman–Crippen LogP) is 2.36. The summed E-state index contributed by atoms with van der Waals surface area (Å²) in [6, 6.07) is 0. The van der Waals surface area contributed by atoms with Crippen molar-refractivity contribution in [2.45, 2.75) is 27.2 Å². The number of rotatable bonds is 5. The van der Waals surface area contributed by atoms with E-state index in [0.29, 0.717) is 17.7 Å². The van der Waals surface area contributed by atoms with Crippen molar-refractivity contribution in [1.29, 1.82) is 0 Å². The van der Waals surface area contributed by atoms with E-state index in [1.165, 1.54) is 6.08 Å². The van der Waals surface area contributed by atoms with E-state index >= 15 is 0 Å². The summed E-state index contributed by atoms with van der Waals surface area (Å²) in [7, 11) is 0. The Hall–Kier alpha value is -1.64. The summed E-state index contributed by atoms with van der Waals surface area (Å²) in [5.41, 5.74) is 7.12. The molecule has 15 heavy (non-hydrogen) atoms. The third-order valence-electron chi connectivity index (χ3n) is 1.83. The lowest BCUT2D eigenvalue weighted by Crippen LogP contribution is -2.14. The minimum absolute atomic E-state index is 0.390. The zero-order chi connectivity index (χ0) is 11.8. The summed E-state index contributed by atoms with van der Waals surface area (Å²) >= 11 is 0. The van der Waals surface area contributed by atoms with Gasteiger partial charge in [0.05, 0.1) is 11.3 Å². The second-order valence-electron chi connectivity index (χ2n) is 3.04. The summed E-state index contributed by atoms with van der Waals surface area (Å²) in [6.45, 7) is 9.27. The van der Waals surface area contributed by atoms with Gasteiger partial charge in [-0.15, -0.1) is 0 Å². The minimum Gasteiger partial charge on any atom is -0.366 e. The second-order valence-corrected chi connectivity index (χ2v) is 3.04. The molecule has 0 saturated carbocycles. The molecule has 0 aliphatic rings. The summed E-state index contributed by atoms with van der Waals surface area (Å²) in [6.07, 6.45) is 5.87. The van der Waals surface area contributed by atoms with Gasteiger partial charge in [0.15, 0.2) is 0 Å². The van der Waals surface area contributed by atoms with Crippen molar-refractivity contribution in [3.8, 4) is 0 Å². The third kappa shape index (κ3) is 4.40. The largest absolute Gasteiger partial charge is 0.366 e. The number of amides is 1. The van der Waals surface area contributed by atoms with Crippen LogP contribution in [0.4, 0.5) is 0 Å². The van der Waals surface area contributed by atoms with Crippen molar-refractivity contribution in [3.05, 3.63) is 36.1 Å². The third-order valence-corrected chi connectivity index (χ3v) is 1.83. The number of carbonyl (C=O) groups is 1. The topological polar surface area (TPSA) is 55.5 Å². The van der Waals surface area contributed by atoms with Crippen molar-refractivity contribution in [2.24, 2.45) is 10.7 Å². The molecule has 0 aromatic heterocycles. The van der Waals surface area contributed by atoms with E-state index < -0.39 is 5.91 Å².